The Hall–Kier alpha value is -0.480. The largest absolute Gasteiger partial charge is 0.312 e. The third-order valence-corrected chi connectivity index (χ3v) is 3.96. The fourth-order valence-electron chi connectivity index (χ4n) is 1.89. The zero-order valence-electron chi connectivity index (χ0n) is 12.2. The predicted molar refractivity (Wildman–Crippen MR) is 79.4 cm³/mol. The van der Waals surface area contributed by atoms with Crippen LogP contribution in [0.5, 0.6) is 0 Å². The topological polar surface area (TPSA) is 12.0 Å². The Labute approximate surface area is 122 Å². The van der Waals surface area contributed by atoms with Crippen LogP contribution in [0, 0.1) is 17.6 Å². The molecule has 0 saturated heterocycles. The molecule has 0 spiro atoms. The van der Waals surface area contributed by atoms with E-state index in [0.717, 1.165) is 6.54 Å². The third kappa shape index (κ3) is 4.53. The van der Waals surface area contributed by atoms with E-state index in [1.54, 1.807) is 0 Å². The van der Waals surface area contributed by atoms with Crippen molar-refractivity contribution in [2.75, 3.05) is 6.54 Å². The smallest absolute Gasteiger partial charge is 0.143 e. The van der Waals surface area contributed by atoms with Gasteiger partial charge in [-0.15, -0.1) is 0 Å². The number of hydrogen-bond donors (Lipinski definition) is 1. The van der Waals surface area contributed by atoms with Crippen molar-refractivity contribution < 1.29 is 8.78 Å². The van der Waals surface area contributed by atoms with Gasteiger partial charge in [0.1, 0.15) is 11.6 Å². The standard InChI is InChI=1S/C15H22BrF2N/c1-9(8-19-15(3,4)5)10(2)13-12(17)7-6-11(16)14(13)18/h6-7,9-10,19H,8H2,1-5H3. The summed E-state index contributed by atoms with van der Waals surface area (Å²) in [5.74, 6) is -1.02. The highest BCUT2D eigenvalue weighted by molar-refractivity contribution is 9.10. The van der Waals surface area contributed by atoms with Crippen molar-refractivity contribution in [1.29, 1.82) is 0 Å². The van der Waals surface area contributed by atoms with Gasteiger partial charge in [0.15, 0.2) is 0 Å². The molecule has 0 aliphatic rings. The van der Waals surface area contributed by atoms with Gasteiger partial charge in [0.2, 0.25) is 0 Å². The number of rotatable bonds is 4. The maximum Gasteiger partial charge on any atom is 0.143 e. The summed E-state index contributed by atoms with van der Waals surface area (Å²) in [6, 6.07) is 2.71. The number of hydrogen-bond acceptors (Lipinski definition) is 1. The van der Waals surface area contributed by atoms with Crippen LogP contribution in [0.25, 0.3) is 0 Å². The molecule has 0 saturated carbocycles. The van der Waals surface area contributed by atoms with Crippen LogP contribution < -0.4 is 5.32 Å². The second-order valence-corrected chi connectivity index (χ2v) is 7.01. The number of benzene rings is 1. The minimum absolute atomic E-state index is 0.00232. The van der Waals surface area contributed by atoms with Crippen molar-refractivity contribution in [1.82, 2.24) is 5.32 Å². The van der Waals surface area contributed by atoms with Gasteiger partial charge >= 0.3 is 0 Å². The van der Waals surface area contributed by atoms with Gasteiger partial charge in [0.05, 0.1) is 4.47 Å². The van der Waals surface area contributed by atoms with Gasteiger partial charge in [-0.2, -0.15) is 0 Å². The van der Waals surface area contributed by atoms with E-state index in [1.807, 2.05) is 13.8 Å². The van der Waals surface area contributed by atoms with E-state index in [1.165, 1.54) is 12.1 Å². The molecule has 1 N–H and O–H groups in total. The Balaban J connectivity index is 2.88. The van der Waals surface area contributed by atoms with Crippen molar-refractivity contribution >= 4 is 15.9 Å². The lowest BCUT2D eigenvalue weighted by Gasteiger charge is -2.27. The zero-order valence-corrected chi connectivity index (χ0v) is 13.7. The SMILES string of the molecule is CC(CNC(C)(C)C)C(C)c1c(F)ccc(Br)c1F. The van der Waals surface area contributed by atoms with E-state index >= 15 is 0 Å². The summed E-state index contributed by atoms with van der Waals surface area (Å²) in [6.07, 6.45) is 0. The molecule has 0 bridgehead atoms. The van der Waals surface area contributed by atoms with Crippen LogP contribution in [0.4, 0.5) is 8.78 Å². The van der Waals surface area contributed by atoms with E-state index in [0.29, 0.717) is 4.47 Å². The highest BCUT2D eigenvalue weighted by atomic mass is 79.9. The first kappa shape index (κ1) is 16.6. The van der Waals surface area contributed by atoms with Crippen LogP contribution in [0.15, 0.2) is 16.6 Å². The van der Waals surface area contributed by atoms with Crippen LogP contribution in [0.1, 0.15) is 46.1 Å². The Bertz CT molecular complexity index is 441. The average Bonchev–Trinajstić information content (AvgIpc) is 2.30. The Morgan fingerprint density at radius 1 is 1.21 bits per heavy atom. The first-order valence-corrected chi connectivity index (χ1v) is 7.31. The van der Waals surface area contributed by atoms with E-state index in [-0.39, 0.29) is 22.9 Å². The molecule has 0 radical (unpaired) electrons. The lowest BCUT2D eigenvalue weighted by atomic mass is 9.87. The van der Waals surface area contributed by atoms with Gasteiger partial charge in [0.25, 0.3) is 0 Å². The fraction of sp³-hybridized carbons (Fsp3) is 0.600. The first-order valence-electron chi connectivity index (χ1n) is 6.52. The second kappa shape index (κ2) is 6.31. The molecule has 0 aromatic heterocycles. The van der Waals surface area contributed by atoms with Crippen molar-refractivity contribution in [3.63, 3.8) is 0 Å². The van der Waals surface area contributed by atoms with E-state index in [9.17, 15) is 8.78 Å². The van der Waals surface area contributed by atoms with Gasteiger partial charge in [-0.05, 0) is 67.2 Å². The lowest BCUT2D eigenvalue weighted by Crippen LogP contribution is -2.39. The summed E-state index contributed by atoms with van der Waals surface area (Å²) in [4.78, 5) is 0. The Kier molecular flexibility index (Phi) is 5.51. The fourth-order valence-corrected chi connectivity index (χ4v) is 2.23. The lowest BCUT2D eigenvalue weighted by molar-refractivity contribution is 0.351. The van der Waals surface area contributed by atoms with Crippen molar-refractivity contribution in [2.24, 2.45) is 5.92 Å². The molecule has 0 aliphatic carbocycles. The predicted octanol–water partition coefficient (Wildman–Crippen LogP) is 4.86. The van der Waals surface area contributed by atoms with Crippen LogP contribution in [0.2, 0.25) is 0 Å². The molecule has 1 aromatic carbocycles. The van der Waals surface area contributed by atoms with Crippen LogP contribution >= 0.6 is 15.9 Å². The summed E-state index contributed by atoms with van der Waals surface area (Å²) in [5.41, 5.74) is 0.167. The molecule has 19 heavy (non-hydrogen) atoms. The molecule has 1 nitrogen and oxygen atoms in total. The van der Waals surface area contributed by atoms with Crippen LogP contribution in [-0.4, -0.2) is 12.1 Å². The molecular formula is C15H22BrF2N. The van der Waals surface area contributed by atoms with Crippen molar-refractivity contribution in [3.8, 4) is 0 Å². The minimum atomic E-state index is -0.491. The molecule has 1 rings (SSSR count). The monoisotopic (exact) mass is 333 g/mol. The molecule has 2 unspecified atom stereocenters. The summed E-state index contributed by atoms with van der Waals surface area (Å²) >= 11 is 3.11. The number of nitrogens with one attached hydrogen (secondary N) is 1. The van der Waals surface area contributed by atoms with Crippen LogP contribution in [0.3, 0.4) is 0 Å². The summed E-state index contributed by atoms with van der Waals surface area (Å²) < 4.78 is 28.2. The third-order valence-electron chi connectivity index (χ3n) is 3.34. The van der Waals surface area contributed by atoms with E-state index < -0.39 is 11.6 Å². The molecule has 108 valence electrons. The minimum Gasteiger partial charge on any atom is -0.312 e. The normalized spacial score (nSPS) is 15.4. The van der Waals surface area contributed by atoms with Gasteiger partial charge in [-0.3, -0.25) is 0 Å². The molecule has 1 aromatic rings. The highest BCUT2D eigenvalue weighted by Gasteiger charge is 2.24. The van der Waals surface area contributed by atoms with E-state index in [2.05, 4.69) is 42.0 Å². The summed E-state index contributed by atoms with van der Waals surface area (Å²) in [7, 11) is 0. The maximum absolute atomic E-state index is 14.0. The maximum atomic E-state index is 14.0. The summed E-state index contributed by atoms with van der Waals surface area (Å²) in [5, 5.41) is 3.37. The van der Waals surface area contributed by atoms with Crippen molar-refractivity contribution in [2.45, 2.75) is 46.1 Å². The quantitative estimate of drug-likeness (QED) is 0.776. The Morgan fingerprint density at radius 3 is 2.32 bits per heavy atom. The summed E-state index contributed by atoms with van der Waals surface area (Å²) in [6.45, 7) is 10.8. The van der Waals surface area contributed by atoms with Gasteiger partial charge in [-0.1, -0.05) is 13.8 Å². The van der Waals surface area contributed by atoms with Crippen LogP contribution in [-0.2, 0) is 0 Å². The van der Waals surface area contributed by atoms with Gasteiger partial charge < -0.3 is 5.32 Å². The molecule has 2 atom stereocenters. The van der Waals surface area contributed by atoms with Crippen molar-refractivity contribution in [3.05, 3.63) is 33.8 Å². The van der Waals surface area contributed by atoms with E-state index in [4.69, 9.17) is 0 Å². The number of halogens is 3. The molecule has 0 amide bonds. The average molecular weight is 334 g/mol. The molecular weight excluding hydrogens is 312 g/mol. The Morgan fingerprint density at radius 2 is 1.79 bits per heavy atom. The molecule has 0 heterocycles. The van der Waals surface area contributed by atoms with Gasteiger partial charge in [-0.25, -0.2) is 8.78 Å². The first-order chi connectivity index (χ1) is 8.63. The van der Waals surface area contributed by atoms with Gasteiger partial charge in [0, 0.05) is 11.1 Å². The molecule has 0 fully saturated rings. The zero-order chi connectivity index (χ0) is 14.8. The molecule has 4 heteroatoms. The highest BCUT2D eigenvalue weighted by Crippen LogP contribution is 2.32. The second-order valence-electron chi connectivity index (χ2n) is 6.15. The molecule has 0 aliphatic heterocycles.